The molecule has 7 unspecified atom stereocenters. The summed E-state index contributed by atoms with van der Waals surface area (Å²) in [4.78, 5) is 130. The van der Waals surface area contributed by atoms with Crippen LogP contribution in [0.1, 0.15) is 70.4 Å². The Morgan fingerprint density at radius 1 is 0.515 bits per heavy atom. The third kappa shape index (κ3) is 21.4. The van der Waals surface area contributed by atoms with Crippen molar-refractivity contribution in [1.29, 1.82) is 0 Å². The maximum absolute atomic E-state index is 14.3. The van der Waals surface area contributed by atoms with Gasteiger partial charge in [-0.25, -0.2) is 0 Å². The average molecular weight is 940 g/mol. The normalized spacial score (nSPS) is 14.1. The van der Waals surface area contributed by atoms with Gasteiger partial charge in [-0.3, -0.25) is 47.9 Å². The van der Waals surface area contributed by atoms with Gasteiger partial charge in [-0.05, 0) is 61.7 Å². The van der Waals surface area contributed by atoms with E-state index in [4.69, 9.17) is 22.9 Å². The molecule has 0 spiro atoms. The summed E-state index contributed by atoms with van der Waals surface area (Å²) >= 11 is 1.47. The van der Waals surface area contributed by atoms with Gasteiger partial charge in [-0.15, -0.1) is 0 Å². The van der Waals surface area contributed by atoms with E-state index in [-0.39, 0.29) is 57.3 Å². The second kappa shape index (κ2) is 29.1. The molecule has 0 bridgehead atoms. The van der Waals surface area contributed by atoms with Gasteiger partial charge in [0.25, 0.3) is 0 Å². The van der Waals surface area contributed by atoms with E-state index in [0.717, 1.165) is 0 Å². The molecule has 0 saturated heterocycles. The Bertz CT molecular complexity index is 1970. The summed E-state index contributed by atoms with van der Waals surface area (Å²) in [5.41, 5.74) is 23.0. The Morgan fingerprint density at radius 3 is 1.35 bits per heavy atom. The third-order valence-electron chi connectivity index (χ3n) is 9.92. The van der Waals surface area contributed by atoms with Gasteiger partial charge >= 0.3 is 0 Å². The fraction of sp³-hybridized carbons (Fsp3) is 0.500. The summed E-state index contributed by atoms with van der Waals surface area (Å²) in [7, 11) is 0. The van der Waals surface area contributed by atoms with Crippen LogP contribution in [0.25, 0.3) is 0 Å². The van der Waals surface area contributed by atoms with Crippen LogP contribution >= 0.6 is 11.8 Å². The van der Waals surface area contributed by atoms with Crippen molar-refractivity contribution in [3.63, 3.8) is 0 Å². The molecule has 15 N–H and O–H groups in total. The Hall–Kier alpha value is -6.55. The number of hydrogen-bond donors (Lipinski definition) is 11. The summed E-state index contributed by atoms with van der Waals surface area (Å²) in [6.07, 6.45) is 0.869. The molecule has 0 aliphatic rings. The van der Waals surface area contributed by atoms with E-state index in [1.54, 1.807) is 60.7 Å². The zero-order chi connectivity index (χ0) is 49.3. The molecule has 0 fully saturated rings. The molecule has 7 atom stereocenters. The average Bonchev–Trinajstić information content (AvgIpc) is 3.26. The lowest BCUT2D eigenvalue weighted by Gasteiger charge is -2.27. The summed E-state index contributed by atoms with van der Waals surface area (Å²) in [6, 6.07) is 8.52. The molecule has 0 radical (unpaired) electrons. The molecular weight excluding hydrogens is 875 g/mol. The van der Waals surface area contributed by atoms with E-state index >= 15 is 0 Å². The number of nitrogens with two attached hydrogens (primary N) is 4. The maximum atomic E-state index is 14.3. The Balaban J connectivity index is 2.40. The highest BCUT2D eigenvalue weighted by atomic mass is 32.2. The highest BCUT2D eigenvalue weighted by molar-refractivity contribution is 7.98. The number of amides is 10. The molecule has 2 rings (SSSR count). The van der Waals surface area contributed by atoms with Gasteiger partial charge < -0.3 is 60.2 Å². The first-order valence-corrected chi connectivity index (χ1v) is 22.9. The highest BCUT2D eigenvalue weighted by Crippen LogP contribution is 2.11. The minimum absolute atomic E-state index is 0.0588. The number of hydrogen-bond acceptors (Lipinski definition) is 12. The SMILES string of the molecule is CSCCC(NC(=O)C(CC(C)C)NC(=O)CNC(=O)C(Cc1ccccc1)NC(=O)C(Cc1ccccc1)NC(=O)C(CCC(N)=O)NC(=O)C(CCC(N)=O)NC(=O)C(C)N)C(N)=O. The molecule has 362 valence electrons. The first-order valence-electron chi connectivity index (χ1n) is 21.5. The summed E-state index contributed by atoms with van der Waals surface area (Å²) in [6.45, 7) is 4.44. The molecule has 10 amide bonds. The first-order chi connectivity index (χ1) is 31.2. The molecule has 0 aromatic heterocycles. The lowest BCUT2D eigenvalue weighted by molar-refractivity contribution is -0.135. The van der Waals surface area contributed by atoms with Crippen molar-refractivity contribution in [2.75, 3.05) is 18.6 Å². The second-order valence-corrected chi connectivity index (χ2v) is 17.1. The molecule has 0 aliphatic heterocycles. The quantitative estimate of drug-likeness (QED) is 0.0393. The van der Waals surface area contributed by atoms with Crippen LogP contribution in [0.2, 0.25) is 0 Å². The lowest BCUT2D eigenvalue weighted by Crippen LogP contribution is -2.59. The summed E-state index contributed by atoms with van der Waals surface area (Å²) < 4.78 is 0. The molecule has 2 aromatic rings. The zero-order valence-electron chi connectivity index (χ0n) is 37.8. The molecule has 0 heterocycles. The van der Waals surface area contributed by atoms with Crippen LogP contribution in [0.5, 0.6) is 0 Å². The fourth-order valence-electron chi connectivity index (χ4n) is 6.38. The van der Waals surface area contributed by atoms with E-state index in [0.29, 0.717) is 16.9 Å². The summed E-state index contributed by atoms with van der Waals surface area (Å²) in [5, 5.41) is 17.9. The van der Waals surface area contributed by atoms with Crippen molar-refractivity contribution in [3.05, 3.63) is 71.8 Å². The largest absolute Gasteiger partial charge is 0.370 e. The predicted molar refractivity (Wildman–Crippen MR) is 247 cm³/mol. The molecule has 0 aliphatic carbocycles. The topological polar surface area (TPSA) is 359 Å². The van der Waals surface area contributed by atoms with Gasteiger partial charge in [-0.2, -0.15) is 11.8 Å². The smallest absolute Gasteiger partial charge is 0.243 e. The van der Waals surface area contributed by atoms with Gasteiger partial charge in [-0.1, -0.05) is 74.5 Å². The van der Waals surface area contributed by atoms with Crippen LogP contribution in [0.15, 0.2) is 60.7 Å². The van der Waals surface area contributed by atoms with Crippen LogP contribution in [0.4, 0.5) is 0 Å². The number of benzene rings is 2. The molecule has 0 saturated carbocycles. The minimum atomic E-state index is -1.50. The van der Waals surface area contributed by atoms with E-state index in [9.17, 15) is 47.9 Å². The van der Waals surface area contributed by atoms with Gasteiger partial charge in [0.1, 0.15) is 36.3 Å². The van der Waals surface area contributed by atoms with Crippen molar-refractivity contribution >= 4 is 70.8 Å². The van der Waals surface area contributed by atoms with Gasteiger partial charge in [0, 0.05) is 25.7 Å². The molecular formula is C44H65N11O10S. The Kier molecular flexibility index (Phi) is 24.5. The van der Waals surface area contributed by atoms with E-state index in [1.165, 1.54) is 18.7 Å². The highest BCUT2D eigenvalue weighted by Gasteiger charge is 2.33. The maximum Gasteiger partial charge on any atom is 0.243 e. The van der Waals surface area contributed by atoms with Crippen molar-refractivity contribution < 1.29 is 47.9 Å². The Morgan fingerprint density at radius 2 is 0.924 bits per heavy atom. The van der Waals surface area contributed by atoms with Crippen LogP contribution in [-0.4, -0.2) is 120 Å². The van der Waals surface area contributed by atoms with Crippen LogP contribution < -0.4 is 60.2 Å². The minimum Gasteiger partial charge on any atom is -0.370 e. The van der Waals surface area contributed by atoms with Gasteiger partial charge in [0.15, 0.2) is 0 Å². The van der Waals surface area contributed by atoms with E-state index in [2.05, 4.69) is 37.2 Å². The van der Waals surface area contributed by atoms with Crippen LogP contribution in [0, 0.1) is 5.92 Å². The number of carbonyl (C=O) groups is 10. The second-order valence-electron chi connectivity index (χ2n) is 16.1. The fourth-order valence-corrected chi connectivity index (χ4v) is 6.85. The predicted octanol–water partition coefficient (Wildman–Crippen LogP) is -2.34. The standard InChI is InChI=1S/C44H65N11O10S/c1-25(2)21-32(43(64)51-29(38(48)59)19-20-66-4)50-37(58)24-49-40(61)33(22-27-11-7-5-8-12-27)54-44(65)34(23-28-13-9-6-10-14-28)55-42(63)31(16-18-36(47)57)53-41(62)30(15-17-35(46)56)52-39(60)26(3)45/h5-14,25-26,29-34H,15-24,45H2,1-4H3,(H2,46,56)(H2,47,57)(H2,48,59)(H,49,61)(H,50,58)(H,51,64)(H,52,60)(H,53,62)(H,54,65)(H,55,63). The van der Waals surface area contributed by atoms with Crippen molar-refractivity contribution in [3.8, 4) is 0 Å². The number of primary amides is 3. The van der Waals surface area contributed by atoms with Crippen molar-refractivity contribution in [1.82, 2.24) is 37.2 Å². The molecule has 66 heavy (non-hydrogen) atoms. The lowest BCUT2D eigenvalue weighted by atomic mass is 10.0. The number of rotatable bonds is 30. The van der Waals surface area contributed by atoms with Gasteiger partial charge in [0.2, 0.25) is 59.1 Å². The van der Waals surface area contributed by atoms with Gasteiger partial charge in [0.05, 0.1) is 12.6 Å². The van der Waals surface area contributed by atoms with Crippen LogP contribution in [0.3, 0.4) is 0 Å². The number of carbonyl (C=O) groups excluding carboxylic acids is 10. The van der Waals surface area contributed by atoms with Crippen molar-refractivity contribution in [2.24, 2.45) is 28.9 Å². The first kappa shape index (κ1) is 55.6. The number of nitrogens with one attached hydrogen (secondary N) is 7. The van der Waals surface area contributed by atoms with E-state index < -0.39 is 108 Å². The molecule has 2 aromatic carbocycles. The Labute approximate surface area is 388 Å². The third-order valence-corrected chi connectivity index (χ3v) is 10.6. The van der Waals surface area contributed by atoms with Crippen molar-refractivity contribution in [2.45, 2.75) is 114 Å². The number of thioether (sulfide) groups is 1. The monoisotopic (exact) mass is 939 g/mol. The summed E-state index contributed by atoms with van der Waals surface area (Å²) in [5.74, 6) is -7.37. The van der Waals surface area contributed by atoms with Crippen LogP contribution in [-0.2, 0) is 60.8 Å². The zero-order valence-corrected chi connectivity index (χ0v) is 38.6. The molecule has 22 heteroatoms. The van der Waals surface area contributed by atoms with E-state index in [1.807, 2.05) is 20.1 Å². The molecule has 21 nitrogen and oxygen atoms in total.